The van der Waals surface area contributed by atoms with Crippen molar-refractivity contribution in [1.29, 1.82) is 0 Å². The average Bonchev–Trinajstić information content (AvgIpc) is 3.47. The summed E-state index contributed by atoms with van der Waals surface area (Å²) in [5, 5.41) is 0.282. The summed E-state index contributed by atoms with van der Waals surface area (Å²) in [4.78, 5) is 16.7. The van der Waals surface area contributed by atoms with Crippen molar-refractivity contribution in [2.24, 2.45) is 0 Å². The summed E-state index contributed by atoms with van der Waals surface area (Å²) in [6.07, 6.45) is 4.14. The Balaban J connectivity index is 1.56. The van der Waals surface area contributed by atoms with Gasteiger partial charge in [-0.2, -0.15) is 0 Å². The van der Waals surface area contributed by atoms with Crippen LogP contribution in [0.4, 0.5) is 4.39 Å². The van der Waals surface area contributed by atoms with E-state index in [2.05, 4.69) is 9.71 Å². The van der Waals surface area contributed by atoms with E-state index < -0.39 is 22.9 Å². The van der Waals surface area contributed by atoms with Crippen LogP contribution in [0.5, 0.6) is 17.4 Å². The highest BCUT2D eigenvalue weighted by atomic mass is 35.5. The van der Waals surface area contributed by atoms with E-state index >= 15 is 0 Å². The van der Waals surface area contributed by atoms with E-state index in [0.29, 0.717) is 30.5 Å². The van der Waals surface area contributed by atoms with Crippen molar-refractivity contribution in [3.05, 3.63) is 46.4 Å². The molecular formula is C21H23ClFN3O4S. The number of nitrogens with one attached hydrogen (secondary N) is 1. The largest absolute Gasteiger partial charge is 0.474 e. The summed E-state index contributed by atoms with van der Waals surface area (Å²) in [5.74, 6) is -0.364. The molecule has 31 heavy (non-hydrogen) atoms. The van der Waals surface area contributed by atoms with Crippen molar-refractivity contribution in [3.63, 3.8) is 0 Å². The molecule has 1 aliphatic carbocycles. The number of benzene rings is 1. The van der Waals surface area contributed by atoms with Gasteiger partial charge < -0.3 is 9.47 Å². The van der Waals surface area contributed by atoms with Gasteiger partial charge in [-0.05, 0) is 50.7 Å². The van der Waals surface area contributed by atoms with E-state index in [4.69, 9.17) is 21.1 Å². The summed E-state index contributed by atoms with van der Waals surface area (Å²) in [7, 11) is 0. The molecule has 0 bridgehead atoms. The van der Waals surface area contributed by atoms with Crippen molar-refractivity contribution in [2.75, 3.05) is 13.1 Å². The molecule has 2 aromatic rings. The molecule has 1 aromatic carbocycles. The van der Waals surface area contributed by atoms with Crippen LogP contribution in [-0.2, 0) is 11.2 Å². The molecule has 7 nitrogen and oxygen atoms in total. The van der Waals surface area contributed by atoms with Gasteiger partial charge in [0.15, 0.2) is 11.2 Å². The zero-order valence-electron chi connectivity index (χ0n) is 17.2. The molecule has 1 saturated heterocycles. The van der Waals surface area contributed by atoms with Crippen LogP contribution in [0.3, 0.4) is 0 Å². The highest BCUT2D eigenvalue weighted by Gasteiger charge is 2.31. The molecule has 2 aliphatic rings. The van der Waals surface area contributed by atoms with Gasteiger partial charge in [-0.15, -0.1) is 0 Å². The van der Waals surface area contributed by atoms with Crippen LogP contribution in [0.2, 0.25) is 5.02 Å². The highest BCUT2D eigenvalue weighted by molar-refractivity contribution is 7.81. The van der Waals surface area contributed by atoms with Crippen molar-refractivity contribution in [3.8, 4) is 17.4 Å². The minimum Gasteiger partial charge on any atom is -0.474 e. The number of ether oxygens (including phenoxy) is 2. The van der Waals surface area contributed by atoms with Gasteiger partial charge in [0.1, 0.15) is 22.3 Å². The number of hydrogen-bond acceptors (Lipinski definition) is 5. The van der Waals surface area contributed by atoms with Gasteiger partial charge in [0, 0.05) is 25.2 Å². The Kier molecular flexibility index (Phi) is 6.45. The highest BCUT2D eigenvalue weighted by Crippen LogP contribution is 2.46. The molecule has 1 unspecified atom stereocenters. The number of pyridine rings is 1. The summed E-state index contributed by atoms with van der Waals surface area (Å²) in [6.45, 7) is 5.02. The molecule has 0 spiro atoms. The first-order valence-electron chi connectivity index (χ1n) is 10.1. The second-order valence-electron chi connectivity index (χ2n) is 7.83. The molecule has 2 heterocycles. The maximum atomic E-state index is 14.8. The molecule has 1 saturated carbocycles. The third-order valence-corrected chi connectivity index (χ3v) is 6.41. The topological polar surface area (TPSA) is 80.8 Å². The van der Waals surface area contributed by atoms with Crippen molar-refractivity contribution in [1.82, 2.24) is 14.0 Å². The Bertz CT molecular complexity index is 1030. The summed E-state index contributed by atoms with van der Waals surface area (Å²) >= 11 is 4.55. The SMILES string of the molecule is CC(C)Oc1ncc(Oc2cc(F)c(C(=O)NS(=O)N3CCC3)cc2C2CC2)cc1Cl. The molecule has 1 N–H and O–H groups in total. The molecule has 4 rings (SSSR count). The number of carbonyl (C=O) groups excluding carboxylic acids is 1. The molecule has 2 fully saturated rings. The van der Waals surface area contributed by atoms with Gasteiger partial charge >= 0.3 is 0 Å². The van der Waals surface area contributed by atoms with Crippen molar-refractivity contribution >= 4 is 28.7 Å². The van der Waals surface area contributed by atoms with Gasteiger partial charge in [0.2, 0.25) is 5.88 Å². The lowest BCUT2D eigenvalue weighted by Crippen LogP contribution is -2.45. The minimum absolute atomic E-state index is 0.0820. The molecule has 10 heteroatoms. The van der Waals surface area contributed by atoms with Crippen molar-refractivity contribution in [2.45, 2.75) is 45.1 Å². The van der Waals surface area contributed by atoms with E-state index in [1.165, 1.54) is 18.3 Å². The van der Waals surface area contributed by atoms with Crippen LogP contribution in [0.15, 0.2) is 24.4 Å². The molecule has 166 valence electrons. The van der Waals surface area contributed by atoms with Crippen LogP contribution < -0.4 is 14.2 Å². The zero-order chi connectivity index (χ0) is 22.1. The zero-order valence-corrected chi connectivity index (χ0v) is 18.8. The van der Waals surface area contributed by atoms with Gasteiger partial charge in [0.25, 0.3) is 5.91 Å². The standard InChI is InChI=1S/C21H23ClFN3O4S/c1-12(2)29-21-17(22)8-14(11-24-21)30-19-10-18(23)16(9-15(19)13-4-5-13)20(27)25-31(28)26-6-3-7-26/h8-13H,3-7H2,1-2H3,(H,25,27). The first kappa shape index (κ1) is 22.0. The van der Waals surface area contributed by atoms with Gasteiger partial charge in [-0.3, -0.25) is 9.52 Å². The van der Waals surface area contributed by atoms with Crippen LogP contribution in [0.1, 0.15) is 54.9 Å². The molecular weight excluding hydrogens is 445 g/mol. The van der Waals surface area contributed by atoms with Gasteiger partial charge in [0.05, 0.1) is 17.9 Å². The van der Waals surface area contributed by atoms with E-state index in [9.17, 15) is 13.4 Å². The number of aromatic nitrogens is 1. The lowest BCUT2D eigenvalue weighted by Gasteiger charge is -2.28. The molecule has 1 atom stereocenters. The monoisotopic (exact) mass is 467 g/mol. The fourth-order valence-corrected chi connectivity index (χ4v) is 4.29. The maximum absolute atomic E-state index is 14.8. The summed E-state index contributed by atoms with van der Waals surface area (Å²) in [6, 6.07) is 4.22. The summed E-state index contributed by atoms with van der Waals surface area (Å²) in [5.41, 5.74) is 0.569. The Labute approximate surface area is 187 Å². The van der Waals surface area contributed by atoms with E-state index in [1.807, 2.05) is 13.8 Å². The van der Waals surface area contributed by atoms with E-state index in [-0.39, 0.29) is 22.6 Å². The number of rotatable bonds is 8. The average molecular weight is 468 g/mol. The first-order chi connectivity index (χ1) is 14.8. The van der Waals surface area contributed by atoms with Crippen LogP contribution in [-0.4, -0.2) is 38.6 Å². The number of carbonyl (C=O) groups is 1. The van der Waals surface area contributed by atoms with Gasteiger partial charge in [-0.1, -0.05) is 11.6 Å². The number of amides is 1. The Morgan fingerprint density at radius 2 is 2.06 bits per heavy atom. The third kappa shape index (κ3) is 5.16. The normalized spacial score (nSPS) is 17.2. The Morgan fingerprint density at radius 1 is 1.32 bits per heavy atom. The van der Waals surface area contributed by atoms with Crippen LogP contribution in [0, 0.1) is 5.82 Å². The molecule has 1 aromatic heterocycles. The van der Waals surface area contributed by atoms with Crippen molar-refractivity contribution < 1.29 is 22.9 Å². The van der Waals surface area contributed by atoms with Gasteiger partial charge in [-0.25, -0.2) is 17.9 Å². The van der Waals surface area contributed by atoms with E-state index in [1.54, 1.807) is 10.4 Å². The molecule has 0 radical (unpaired) electrons. The fraction of sp³-hybridized carbons (Fsp3) is 0.429. The second-order valence-corrected chi connectivity index (χ2v) is 9.46. The lowest BCUT2D eigenvalue weighted by atomic mass is 10.0. The molecule has 1 aliphatic heterocycles. The lowest BCUT2D eigenvalue weighted by molar-refractivity contribution is 0.0976. The van der Waals surface area contributed by atoms with E-state index in [0.717, 1.165) is 24.8 Å². The Morgan fingerprint density at radius 3 is 2.65 bits per heavy atom. The fourth-order valence-electron chi connectivity index (χ4n) is 3.10. The maximum Gasteiger partial charge on any atom is 0.266 e. The smallest absolute Gasteiger partial charge is 0.266 e. The summed E-state index contributed by atoms with van der Waals surface area (Å²) < 4.78 is 42.3. The Hall–Kier alpha value is -2.23. The predicted octanol–water partition coefficient (Wildman–Crippen LogP) is 4.35. The third-order valence-electron chi connectivity index (χ3n) is 4.95. The number of hydrogen-bond donors (Lipinski definition) is 1. The number of nitrogens with zero attached hydrogens (tertiary/aromatic N) is 2. The second kappa shape index (κ2) is 9.10. The number of halogens is 2. The first-order valence-corrected chi connectivity index (χ1v) is 11.6. The minimum atomic E-state index is -1.66. The quantitative estimate of drug-likeness (QED) is 0.624. The predicted molar refractivity (Wildman–Crippen MR) is 115 cm³/mol. The van der Waals surface area contributed by atoms with Crippen LogP contribution >= 0.6 is 11.6 Å². The molecule has 1 amide bonds. The van der Waals surface area contributed by atoms with Crippen LogP contribution in [0.25, 0.3) is 0 Å².